The normalized spacial score (nSPS) is 16.0. The number of aromatic nitrogens is 2. The molecule has 2 aromatic carbocycles. The van der Waals surface area contributed by atoms with Gasteiger partial charge in [0.25, 0.3) is 0 Å². The van der Waals surface area contributed by atoms with E-state index in [2.05, 4.69) is 9.88 Å². The van der Waals surface area contributed by atoms with E-state index in [-0.39, 0.29) is 17.7 Å². The fourth-order valence-corrected chi connectivity index (χ4v) is 3.57. The lowest BCUT2D eigenvalue weighted by Crippen LogP contribution is -2.50. The maximum absolute atomic E-state index is 13.0. The van der Waals surface area contributed by atoms with Gasteiger partial charge in [0.05, 0.1) is 23.0 Å². The second kappa shape index (κ2) is 6.71. The number of amides is 1. The maximum atomic E-state index is 13.0. The molecule has 6 nitrogen and oxygen atoms in total. The molecule has 0 aliphatic carbocycles. The van der Waals surface area contributed by atoms with Crippen molar-refractivity contribution in [1.29, 1.82) is 0 Å². The molecule has 1 atom stereocenters. The molecule has 4 rings (SSSR count). The molecule has 1 saturated heterocycles. The topological polar surface area (TPSA) is 61.6 Å². The zero-order valence-electron chi connectivity index (χ0n) is 14.7. The Morgan fingerprint density at radius 2 is 1.73 bits per heavy atom. The molecule has 0 radical (unpaired) electrons. The summed E-state index contributed by atoms with van der Waals surface area (Å²) in [5, 5.41) is 10.0. The molecule has 2 heterocycles. The minimum absolute atomic E-state index is 0.102. The van der Waals surface area contributed by atoms with Crippen molar-refractivity contribution in [2.24, 2.45) is 0 Å². The quantitative estimate of drug-likeness (QED) is 0.789. The van der Waals surface area contributed by atoms with Crippen LogP contribution in [0.4, 0.5) is 5.69 Å². The largest absolute Gasteiger partial charge is 0.506 e. The molecular weight excluding hydrogens is 328 g/mol. The molecule has 1 aliphatic rings. The number of nitrogens with zero attached hydrogens (tertiary/aromatic N) is 4. The van der Waals surface area contributed by atoms with Gasteiger partial charge < -0.3 is 19.5 Å². The average molecular weight is 350 g/mol. The molecule has 0 bridgehead atoms. The SMILES string of the molecule is CC(C(=O)N1CCN(c2ccccc2O)CC1)n1cnc2ccccc21. The number of piperazine rings is 1. The van der Waals surface area contributed by atoms with E-state index in [0.29, 0.717) is 26.2 Å². The number of anilines is 1. The molecule has 0 saturated carbocycles. The lowest BCUT2D eigenvalue weighted by molar-refractivity contribution is -0.134. The van der Waals surface area contributed by atoms with Crippen LogP contribution in [0.25, 0.3) is 11.0 Å². The first-order valence-electron chi connectivity index (χ1n) is 8.88. The van der Waals surface area contributed by atoms with Crippen molar-refractivity contribution in [3.8, 4) is 5.75 Å². The molecular formula is C20H22N4O2. The number of phenolic OH excluding ortho intramolecular Hbond substituents is 1. The summed E-state index contributed by atoms with van der Waals surface area (Å²) in [6, 6.07) is 14.9. The number of fused-ring (bicyclic) bond motifs is 1. The number of para-hydroxylation sites is 4. The fourth-order valence-electron chi connectivity index (χ4n) is 3.57. The minimum atomic E-state index is -0.293. The van der Waals surface area contributed by atoms with Gasteiger partial charge in [-0.05, 0) is 31.2 Å². The van der Waals surface area contributed by atoms with Crippen molar-refractivity contribution < 1.29 is 9.90 Å². The summed E-state index contributed by atoms with van der Waals surface area (Å²) in [4.78, 5) is 21.4. The van der Waals surface area contributed by atoms with Crippen molar-refractivity contribution >= 4 is 22.6 Å². The highest BCUT2D eigenvalue weighted by Crippen LogP contribution is 2.27. The van der Waals surface area contributed by atoms with Crippen LogP contribution >= 0.6 is 0 Å². The Bertz CT molecular complexity index is 928. The molecule has 1 aliphatic heterocycles. The van der Waals surface area contributed by atoms with E-state index in [4.69, 9.17) is 0 Å². The Hall–Kier alpha value is -3.02. The van der Waals surface area contributed by atoms with E-state index >= 15 is 0 Å². The Morgan fingerprint density at radius 3 is 2.50 bits per heavy atom. The van der Waals surface area contributed by atoms with Gasteiger partial charge in [-0.2, -0.15) is 0 Å². The van der Waals surface area contributed by atoms with E-state index in [1.165, 1.54) is 0 Å². The summed E-state index contributed by atoms with van der Waals surface area (Å²) in [6.07, 6.45) is 1.74. The van der Waals surface area contributed by atoms with Crippen LogP contribution in [0.3, 0.4) is 0 Å². The van der Waals surface area contributed by atoms with Crippen LogP contribution < -0.4 is 4.90 Å². The number of imidazole rings is 1. The summed E-state index contributed by atoms with van der Waals surface area (Å²) in [7, 11) is 0. The third-order valence-corrected chi connectivity index (χ3v) is 5.07. The minimum Gasteiger partial charge on any atom is -0.506 e. The molecule has 1 N–H and O–H groups in total. The smallest absolute Gasteiger partial charge is 0.245 e. The average Bonchev–Trinajstić information content (AvgIpc) is 3.11. The maximum Gasteiger partial charge on any atom is 0.245 e. The number of phenols is 1. The number of hydrogen-bond donors (Lipinski definition) is 1. The van der Waals surface area contributed by atoms with Crippen LogP contribution in [0.1, 0.15) is 13.0 Å². The summed E-state index contributed by atoms with van der Waals surface area (Å²) in [5.74, 6) is 0.385. The van der Waals surface area contributed by atoms with E-state index in [1.807, 2.05) is 58.9 Å². The van der Waals surface area contributed by atoms with E-state index in [9.17, 15) is 9.90 Å². The number of benzene rings is 2. The predicted octanol–water partition coefficient (Wildman–Crippen LogP) is 2.65. The first kappa shape index (κ1) is 16.4. The first-order valence-corrected chi connectivity index (χ1v) is 8.88. The van der Waals surface area contributed by atoms with Gasteiger partial charge >= 0.3 is 0 Å². The van der Waals surface area contributed by atoms with Crippen molar-refractivity contribution in [2.45, 2.75) is 13.0 Å². The van der Waals surface area contributed by atoms with E-state index in [0.717, 1.165) is 16.7 Å². The first-order chi connectivity index (χ1) is 12.6. The molecule has 3 aromatic rings. The molecule has 1 aromatic heterocycles. The molecule has 6 heteroatoms. The van der Waals surface area contributed by atoms with Gasteiger partial charge in [0.15, 0.2) is 0 Å². The van der Waals surface area contributed by atoms with Crippen LogP contribution in [-0.4, -0.2) is 51.6 Å². The number of hydrogen-bond acceptors (Lipinski definition) is 4. The van der Waals surface area contributed by atoms with E-state index < -0.39 is 0 Å². The number of carbonyl (C=O) groups is 1. The second-order valence-electron chi connectivity index (χ2n) is 6.62. The monoisotopic (exact) mass is 350 g/mol. The zero-order valence-corrected chi connectivity index (χ0v) is 14.7. The van der Waals surface area contributed by atoms with Crippen molar-refractivity contribution in [1.82, 2.24) is 14.5 Å². The molecule has 1 unspecified atom stereocenters. The van der Waals surface area contributed by atoms with Gasteiger partial charge in [0.1, 0.15) is 11.8 Å². The van der Waals surface area contributed by atoms with Crippen molar-refractivity contribution in [3.05, 3.63) is 54.9 Å². The Labute approximate surface area is 152 Å². The molecule has 1 amide bonds. The lowest BCUT2D eigenvalue weighted by Gasteiger charge is -2.37. The highest BCUT2D eigenvalue weighted by atomic mass is 16.3. The summed E-state index contributed by atoms with van der Waals surface area (Å²) in [6.45, 7) is 4.63. The standard InChI is InChI=1S/C20H22N4O2/c1-15(24-14-21-16-6-2-3-7-17(16)24)20(26)23-12-10-22(11-13-23)18-8-4-5-9-19(18)25/h2-9,14-15,25H,10-13H2,1H3. The summed E-state index contributed by atoms with van der Waals surface area (Å²) >= 11 is 0. The third-order valence-electron chi connectivity index (χ3n) is 5.07. The van der Waals surface area contributed by atoms with Gasteiger partial charge in [0, 0.05) is 26.2 Å². The van der Waals surface area contributed by atoms with Crippen molar-refractivity contribution in [2.75, 3.05) is 31.1 Å². The summed E-state index contributed by atoms with van der Waals surface area (Å²) in [5.41, 5.74) is 2.70. The molecule has 0 spiro atoms. The highest BCUT2D eigenvalue weighted by Gasteiger charge is 2.27. The molecule has 26 heavy (non-hydrogen) atoms. The lowest BCUT2D eigenvalue weighted by atomic mass is 10.2. The second-order valence-corrected chi connectivity index (χ2v) is 6.62. The van der Waals surface area contributed by atoms with Crippen LogP contribution in [0.15, 0.2) is 54.9 Å². The Kier molecular flexibility index (Phi) is 4.24. The van der Waals surface area contributed by atoms with Crippen LogP contribution in [0, 0.1) is 0 Å². The molecule has 134 valence electrons. The van der Waals surface area contributed by atoms with Gasteiger partial charge in [-0.15, -0.1) is 0 Å². The predicted molar refractivity (Wildman–Crippen MR) is 101 cm³/mol. The number of rotatable bonds is 3. The number of carbonyl (C=O) groups excluding carboxylic acids is 1. The van der Waals surface area contributed by atoms with Gasteiger partial charge in [-0.1, -0.05) is 24.3 Å². The van der Waals surface area contributed by atoms with Gasteiger partial charge in [-0.3, -0.25) is 4.79 Å². The Balaban J connectivity index is 1.46. The van der Waals surface area contributed by atoms with Crippen LogP contribution in [0.5, 0.6) is 5.75 Å². The summed E-state index contributed by atoms with van der Waals surface area (Å²) < 4.78 is 1.94. The van der Waals surface area contributed by atoms with Gasteiger partial charge in [0.2, 0.25) is 5.91 Å². The van der Waals surface area contributed by atoms with E-state index in [1.54, 1.807) is 12.4 Å². The molecule has 1 fully saturated rings. The Morgan fingerprint density at radius 1 is 1.04 bits per heavy atom. The third kappa shape index (κ3) is 2.87. The fraction of sp³-hybridized carbons (Fsp3) is 0.300. The zero-order chi connectivity index (χ0) is 18.1. The number of aromatic hydroxyl groups is 1. The highest BCUT2D eigenvalue weighted by molar-refractivity contribution is 5.84. The van der Waals surface area contributed by atoms with Crippen molar-refractivity contribution in [3.63, 3.8) is 0 Å². The van der Waals surface area contributed by atoms with Gasteiger partial charge in [-0.25, -0.2) is 4.98 Å². The van der Waals surface area contributed by atoms with Crippen LogP contribution in [0.2, 0.25) is 0 Å². The van der Waals surface area contributed by atoms with Crippen LogP contribution in [-0.2, 0) is 4.79 Å².